The average Bonchev–Trinajstić information content (AvgIpc) is 2.77. The molecule has 0 aliphatic heterocycles. The Kier molecular flexibility index (Phi) is 4.81. The van der Waals surface area contributed by atoms with Crippen LogP contribution in [0.4, 0.5) is 0 Å². The van der Waals surface area contributed by atoms with Gasteiger partial charge in [-0.05, 0) is 49.6 Å². The third kappa shape index (κ3) is 5.31. The third-order valence-electron chi connectivity index (χ3n) is 3.63. The lowest BCUT2D eigenvalue weighted by Crippen LogP contribution is -2.33. The number of nitrogens with two attached hydrogens (primary N) is 1. The molecule has 0 radical (unpaired) electrons. The van der Waals surface area contributed by atoms with E-state index in [1.54, 1.807) is 0 Å². The molecule has 2 heteroatoms. The Morgan fingerprint density at radius 1 is 1.38 bits per heavy atom. The maximum atomic E-state index is 5.88. The van der Waals surface area contributed by atoms with E-state index in [4.69, 9.17) is 5.73 Å². The Bertz CT molecular complexity index is 207. The van der Waals surface area contributed by atoms with Crippen LogP contribution in [-0.4, -0.2) is 31.6 Å². The van der Waals surface area contributed by atoms with Gasteiger partial charge in [0.2, 0.25) is 0 Å². The highest BCUT2D eigenvalue weighted by Crippen LogP contribution is 2.38. The molecule has 3 unspecified atom stereocenters. The summed E-state index contributed by atoms with van der Waals surface area (Å²) < 4.78 is 0. The summed E-state index contributed by atoms with van der Waals surface area (Å²) in [5.41, 5.74) is 6.28. The zero-order chi connectivity index (χ0) is 12.3. The molecule has 0 aromatic heterocycles. The van der Waals surface area contributed by atoms with Crippen LogP contribution in [0.2, 0.25) is 0 Å². The van der Waals surface area contributed by atoms with Gasteiger partial charge in [-0.3, -0.25) is 0 Å². The van der Waals surface area contributed by atoms with Crippen molar-refractivity contribution in [3.8, 4) is 0 Å². The van der Waals surface area contributed by atoms with E-state index in [-0.39, 0.29) is 0 Å². The molecule has 1 fully saturated rings. The Morgan fingerprint density at radius 3 is 2.31 bits per heavy atom. The molecule has 96 valence electrons. The SMILES string of the molecule is CC1CC1CN(C)CC(CN)CC(C)(C)C. The van der Waals surface area contributed by atoms with Gasteiger partial charge in [0.1, 0.15) is 0 Å². The summed E-state index contributed by atoms with van der Waals surface area (Å²) in [6.07, 6.45) is 2.66. The van der Waals surface area contributed by atoms with Gasteiger partial charge in [-0.2, -0.15) is 0 Å². The second-order valence-corrected chi connectivity index (χ2v) is 7.06. The van der Waals surface area contributed by atoms with Crippen molar-refractivity contribution in [3.05, 3.63) is 0 Å². The van der Waals surface area contributed by atoms with E-state index in [9.17, 15) is 0 Å². The fraction of sp³-hybridized carbons (Fsp3) is 1.00. The van der Waals surface area contributed by atoms with Crippen LogP contribution in [0.15, 0.2) is 0 Å². The first-order chi connectivity index (χ1) is 7.31. The maximum absolute atomic E-state index is 5.88. The summed E-state index contributed by atoms with van der Waals surface area (Å²) in [5, 5.41) is 0. The molecule has 0 heterocycles. The molecule has 16 heavy (non-hydrogen) atoms. The lowest BCUT2D eigenvalue weighted by molar-refractivity contribution is 0.214. The molecule has 1 aliphatic rings. The van der Waals surface area contributed by atoms with Crippen molar-refractivity contribution >= 4 is 0 Å². The number of hydrogen-bond acceptors (Lipinski definition) is 2. The predicted octanol–water partition coefficient (Wildman–Crippen LogP) is 2.59. The van der Waals surface area contributed by atoms with Gasteiger partial charge in [-0.15, -0.1) is 0 Å². The van der Waals surface area contributed by atoms with Crippen LogP contribution >= 0.6 is 0 Å². The smallest absolute Gasteiger partial charge is 0.00190 e. The molecular weight excluding hydrogens is 196 g/mol. The molecule has 0 saturated heterocycles. The largest absolute Gasteiger partial charge is 0.330 e. The standard InChI is InChI=1S/C14H30N2/c1-11-6-13(11)10-16(5)9-12(8-15)7-14(2,3)4/h11-13H,6-10,15H2,1-5H3. The van der Waals surface area contributed by atoms with Crippen molar-refractivity contribution in [2.24, 2.45) is 28.9 Å². The summed E-state index contributed by atoms with van der Waals surface area (Å²) in [5.74, 6) is 2.57. The molecule has 0 aromatic rings. The highest BCUT2D eigenvalue weighted by Gasteiger charge is 2.33. The van der Waals surface area contributed by atoms with E-state index < -0.39 is 0 Å². The van der Waals surface area contributed by atoms with Gasteiger partial charge in [0.25, 0.3) is 0 Å². The van der Waals surface area contributed by atoms with E-state index in [1.807, 2.05) is 0 Å². The second-order valence-electron chi connectivity index (χ2n) is 7.06. The summed E-state index contributed by atoms with van der Waals surface area (Å²) in [6, 6.07) is 0. The monoisotopic (exact) mass is 226 g/mol. The van der Waals surface area contributed by atoms with Crippen LogP contribution in [0, 0.1) is 23.2 Å². The van der Waals surface area contributed by atoms with Gasteiger partial charge in [0.05, 0.1) is 0 Å². The normalized spacial score (nSPS) is 27.2. The Hall–Kier alpha value is -0.0800. The topological polar surface area (TPSA) is 29.3 Å². The number of hydrogen-bond donors (Lipinski definition) is 1. The van der Waals surface area contributed by atoms with Gasteiger partial charge in [-0.25, -0.2) is 0 Å². The summed E-state index contributed by atoms with van der Waals surface area (Å²) in [7, 11) is 2.25. The van der Waals surface area contributed by atoms with Crippen LogP contribution in [0.5, 0.6) is 0 Å². The van der Waals surface area contributed by atoms with Gasteiger partial charge in [0, 0.05) is 13.1 Å². The zero-order valence-electron chi connectivity index (χ0n) is 11.8. The van der Waals surface area contributed by atoms with Crippen LogP contribution in [0.25, 0.3) is 0 Å². The predicted molar refractivity (Wildman–Crippen MR) is 71.4 cm³/mol. The van der Waals surface area contributed by atoms with Gasteiger partial charge < -0.3 is 10.6 Å². The first-order valence-corrected chi connectivity index (χ1v) is 6.70. The Labute approximate surface area is 102 Å². The Balaban J connectivity index is 2.26. The van der Waals surface area contributed by atoms with Crippen LogP contribution < -0.4 is 5.73 Å². The quantitative estimate of drug-likeness (QED) is 0.754. The summed E-state index contributed by atoms with van der Waals surface area (Å²) in [6.45, 7) is 12.5. The summed E-state index contributed by atoms with van der Waals surface area (Å²) >= 11 is 0. The molecule has 0 spiro atoms. The van der Waals surface area contributed by atoms with Crippen molar-refractivity contribution in [3.63, 3.8) is 0 Å². The fourth-order valence-corrected chi connectivity index (χ4v) is 2.66. The highest BCUT2D eigenvalue weighted by atomic mass is 15.1. The number of nitrogens with zero attached hydrogens (tertiary/aromatic N) is 1. The van der Waals surface area contributed by atoms with Crippen LogP contribution in [0.1, 0.15) is 40.5 Å². The molecule has 1 aliphatic carbocycles. The van der Waals surface area contributed by atoms with Gasteiger partial charge >= 0.3 is 0 Å². The van der Waals surface area contributed by atoms with E-state index in [0.717, 1.165) is 24.9 Å². The van der Waals surface area contributed by atoms with Crippen LogP contribution in [0.3, 0.4) is 0 Å². The first-order valence-electron chi connectivity index (χ1n) is 6.70. The van der Waals surface area contributed by atoms with Gasteiger partial charge in [-0.1, -0.05) is 27.7 Å². The average molecular weight is 226 g/mol. The van der Waals surface area contributed by atoms with Crippen molar-refractivity contribution in [2.45, 2.75) is 40.5 Å². The minimum absolute atomic E-state index is 0.401. The number of rotatable bonds is 6. The molecule has 1 saturated carbocycles. The lowest BCUT2D eigenvalue weighted by Gasteiger charge is -2.28. The molecule has 0 bridgehead atoms. The minimum atomic E-state index is 0.401. The van der Waals surface area contributed by atoms with Crippen molar-refractivity contribution in [1.82, 2.24) is 4.90 Å². The molecule has 1 rings (SSSR count). The lowest BCUT2D eigenvalue weighted by atomic mass is 9.84. The molecule has 2 N–H and O–H groups in total. The summed E-state index contributed by atoms with van der Waals surface area (Å²) in [4.78, 5) is 2.48. The highest BCUT2D eigenvalue weighted by molar-refractivity contribution is 4.85. The Morgan fingerprint density at radius 2 is 1.94 bits per heavy atom. The molecular formula is C14H30N2. The van der Waals surface area contributed by atoms with E-state index in [1.165, 1.54) is 19.4 Å². The maximum Gasteiger partial charge on any atom is 0.00190 e. The molecule has 3 atom stereocenters. The van der Waals surface area contributed by atoms with Crippen LogP contribution in [-0.2, 0) is 0 Å². The van der Waals surface area contributed by atoms with E-state index in [2.05, 4.69) is 39.6 Å². The second kappa shape index (κ2) is 5.50. The zero-order valence-corrected chi connectivity index (χ0v) is 11.8. The van der Waals surface area contributed by atoms with Crippen molar-refractivity contribution in [1.29, 1.82) is 0 Å². The molecule has 0 aromatic carbocycles. The fourth-order valence-electron chi connectivity index (χ4n) is 2.66. The van der Waals surface area contributed by atoms with Crippen molar-refractivity contribution < 1.29 is 0 Å². The third-order valence-corrected chi connectivity index (χ3v) is 3.63. The van der Waals surface area contributed by atoms with E-state index >= 15 is 0 Å². The minimum Gasteiger partial charge on any atom is -0.330 e. The van der Waals surface area contributed by atoms with Gasteiger partial charge in [0.15, 0.2) is 0 Å². The first kappa shape index (κ1) is 14.0. The molecule has 2 nitrogen and oxygen atoms in total. The van der Waals surface area contributed by atoms with E-state index in [0.29, 0.717) is 11.3 Å². The molecule has 0 amide bonds. The van der Waals surface area contributed by atoms with Crippen molar-refractivity contribution in [2.75, 3.05) is 26.7 Å².